The topological polar surface area (TPSA) is 73.6 Å². The smallest absolute Gasteiger partial charge is 0.225 e. The molecule has 0 saturated carbocycles. The van der Waals surface area contributed by atoms with E-state index in [1.165, 1.54) is 5.39 Å². The number of aryl methyl sites for hydroxylation is 2. The predicted molar refractivity (Wildman–Crippen MR) is 78.6 cm³/mol. The Kier molecular flexibility index (Phi) is 3.25. The number of carbonyl (C=O) groups is 1. The van der Waals surface area contributed by atoms with E-state index in [0.29, 0.717) is 18.7 Å². The van der Waals surface area contributed by atoms with E-state index in [9.17, 15) is 4.79 Å². The lowest BCUT2D eigenvalue weighted by atomic mass is 10.1. The first kappa shape index (κ1) is 12.5. The lowest BCUT2D eigenvalue weighted by Crippen LogP contribution is -2.13. The van der Waals surface area contributed by atoms with Gasteiger partial charge in [0.25, 0.3) is 0 Å². The highest BCUT2D eigenvalue weighted by atomic mass is 16.1. The molecule has 0 bridgehead atoms. The summed E-state index contributed by atoms with van der Waals surface area (Å²) in [4.78, 5) is 15.1. The number of anilines is 1. The summed E-state index contributed by atoms with van der Waals surface area (Å²) >= 11 is 0. The standard InChI is InChI=1S/C15H16N4O/c1-10-8-17-19-15(10)18-14(20)7-6-11-9-16-13-5-3-2-4-12(11)13/h2-5,8-9,16H,6-7H2,1H3,(H2,17,18,19,20). The fourth-order valence-corrected chi connectivity index (χ4v) is 2.26. The van der Waals surface area contributed by atoms with Crippen molar-refractivity contribution >= 4 is 22.6 Å². The molecule has 3 rings (SSSR count). The maximum atomic E-state index is 11.9. The average molecular weight is 268 g/mol. The Morgan fingerprint density at radius 1 is 1.35 bits per heavy atom. The van der Waals surface area contributed by atoms with Crippen LogP contribution in [0.3, 0.4) is 0 Å². The molecule has 0 unspecified atom stereocenters. The number of aromatic nitrogens is 3. The summed E-state index contributed by atoms with van der Waals surface area (Å²) in [6.07, 6.45) is 4.82. The van der Waals surface area contributed by atoms with Crippen molar-refractivity contribution < 1.29 is 4.79 Å². The van der Waals surface area contributed by atoms with Gasteiger partial charge in [0.1, 0.15) is 5.82 Å². The SMILES string of the molecule is Cc1cn[nH]c1NC(=O)CCc1c[nH]c2ccccc12. The van der Waals surface area contributed by atoms with Gasteiger partial charge < -0.3 is 10.3 Å². The number of carbonyl (C=O) groups excluding carboxylic acids is 1. The Labute approximate surface area is 116 Å². The maximum Gasteiger partial charge on any atom is 0.225 e. The number of nitrogens with one attached hydrogen (secondary N) is 3. The summed E-state index contributed by atoms with van der Waals surface area (Å²) in [6.45, 7) is 1.90. The van der Waals surface area contributed by atoms with E-state index >= 15 is 0 Å². The molecule has 0 atom stereocenters. The second-order valence-electron chi connectivity index (χ2n) is 4.84. The molecule has 0 saturated heterocycles. The monoisotopic (exact) mass is 268 g/mol. The fraction of sp³-hybridized carbons (Fsp3) is 0.200. The van der Waals surface area contributed by atoms with Crippen LogP contribution in [0.1, 0.15) is 17.5 Å². The van der Waals surface area contributed by atoms with E-state index in [1.54, 1.807) is 6.20 Å². The summed E-state index contributed by atoms with van der Waals surface area (Å²) in [5.74, 6) is 0.663. The molecule has 20 heavy (non-hydrogen) atoms. The van der Waals surface area contributed by atoms with Gasteiger partial charge in [0.2, 0.25) is 5.91 Å². The normalized spacial score (nSPS) is 10.8. The van der Waals surface area contributed by atoms with E-state index < -0.39 is 0 Å². The molecule has 2 heterocycles. The number of nitrogens with zero attached hydrogens (tertiary/aromatic N) is 1. The molecular weight excluding hydrogens is 252 g/mol. The van der Waals surface area contributed by atoms with Crippen LogP contribution in [-0.2, 0) is 11.2 Å². The molecule has 1 aromatic carbocycles. The van der Waals surface area contributed by atoms with Gasteiger partial charge in [-0.2, -0.15) is 5.10 Å². The van der Waals surface area contributed by atoms with Crippen molar-refractivity contribution in [3.05, 3.63) is 47.8 Å². The fourth-order valence-electron chi connectivity index (χ4n) is 2.26. The molecule has 0 aliphatic rings. The van der Waals surface area contributed by atoms with Crippen LogP contribution < -0.4 is 5.32 Å². The van der Waals surface area contributed by atoms with Gasteiger partial charge in [-0.25, -0.2) is 0 Å². The largest absolute Gasteiger partial charge is 0.361 e. The number of amides is 1. The van der Waals surface area contributed by atoms with Crippen LogP contribution in [0.4, 0.5) is 5.82 Å². The van der Waals surface area contributed by atoms with E-state index in [4.69, 9.17) is 0 Å². The molecule has 2 aromatic heterocycles. The van der Waals surface area contributed by atoms with Gasteiger partial charge >= 0.3 is 0 Å². The lowest BCUT2D eigenvalue weighted by Gasteiger charge is -2.03. The lowest BCUT2D eigenvalue weighted by molar-refractivity contribution is -0.116. The van der Waals surface area contributed by atoms with E-state index in [1.807, 2.05) is 31.3 Å². The molecular formula is C15H16N4O. The first-order valence-electron chi connectivity index (χ1n) is 6.59. The van der Waals surface area contributed by atoms with Gasteiger partial charge in [0.05, 0.1) is 6.20 Å². The zero-order valence-electron chi connectivity index (χ0n) is 11.2. The van der Waals surface area contributed by atoms with Crippen LogP contribution in [0.25, 0.3) is 10.9 Å². The molecule has 5 heteroatoms. The molecule has 3 aromatic rings. The summed E-state index contributed by atoms with van der Waals surface area (Å²) < 4.78 is 0. The highest BCUT2D eigenvalue weighted by Gasteiger charge is 2.08. The molecule has 0 spiro atoms. The first-order valence-corrected chi connectivity index (χ1v) is 6.59. The molecule has 1 amide bonds. The van der Waals surface area contributed by atoms with Crippen LogP contribution in [0.5, 0.6) is 0 Å². The Bertz CT molecular complexity index is 741. The second-order valence-corrected chi connectivity index (χ2v) is 4.84. The zero-order valence-corrected chi connectivity index (χ0v) is 11.2. The summed E-state index contributed by atoms with van der Waals surface area (Å²) in [5, 5.41) is 10.7. The Balaban J connectivity index is 1.65. The van der Waals surface area contributed by atoms with Gasteiger partial charge in [-0.15, -0.1) is 0 Å². The van der Waals surface area contributed by atoms with Crippen LogP contribution in [0, 0.1) is 6.92 Å². The van der Waals surface area contributed by atoms with Crippen LogP contribution in [0.15, 0.2) is 36.7 Å². The molecule has 3 N–H and O–H groups in total. The van der Waals surface area contributed by atoms with Crippen molar-refractivity contribution in [1.82, 2.24) is 15.2 Å². The van der Waals surface area contributed by atoms with E-state index in [-0.39, 0.29) is 5.91 Å². The van der Waals surface area contributed by atoms with Gasteiger partial charge in [0, 0.05) is 29.1 Å². The van der Waals surface area contributed by atoms with E-state index in [0.717, 1.165) is 16.6 Å². The van der Waals surface area contributed by atoms with Crippen LogP contribution in [0.2, 0.25) is 0 Å². The van der Waals surface area contributed by atoms with Crippen LogP contribution >= 0.6 is 0 Å². The van der Waals surface area contributed by atoms with Gasteiger partial charge in [-0.3, -0.25) is 9.89 Å². The first-order chi connectivity index (χ1) is 9.74. The molecule has 0 radical (unpaired) electrons. The van der Waals surface area contributed by atoms with Crippen molar-refractivity contribution in [3.8, 4) is 0 Å². The second kappa shape index (κ2) is 5.21. The van der Waals surface area contributed by atoms with Crippen molar-refractivity contribution in [2.75, 3.05) is 5.32 Å². The number of rotatable bonds is 4. The van der Waals surface area contributed by atoms with Crippen LogP contribution in [-0.4, -0.2) is 21.1 Å². The quantitative estimate of drug-likeness (QED) is 0.680. The molecule has 0 aliphatic carbocycles. The third-order valence-corrected chi connectivity index (χ3v) is 3.39. The third kappa shape index (κ3) is 2.42. The minimum absolute atomic E-state index is 0.0115. The Hall–Kier alpha value is -2.56. The maximum absolute atomic E-state index is 11.9. The highest BCUT2D eigenvalue weighted by molar-refractivity contribution is 5.91. The summed E-state index contributed by atoms with van der Waals surface area (Å²) in [5.41, 5.74) is 3.20. The van der Waals surface area contributed by atoms with E-state index in [2.05, 4.69) is 26.6 Å². The number of benzene rings is 1. The van der Waals surface area contributed by atoms with Gasteiger partial charge in [-0.1, -0.05) is 18.2 Å². The average Bonchev–Trinajstić information content (AvgIpc) is 3.04. The van der Waals surface area contributed by atoms with Crippen molar-refractivity contribution in [2.24, 2.45) is 0 Å². The molecule has 5 nitrogen and oxygen atoms in total. The van der Waals surface area contributed by atoms with Crippen molar-refractivity contribution in [3.63, 3.8) is 0 Å². The molecule has 102 valence electrons. The minimum Gasteiger partial charge on any atom is -0.361 e. The number of aromatic amines is 2. The number of H-pyrrole nitrogens is 2. The summed E-state index contributed by atoms with van der Waals surface area (Å²) in [7, 11) is 0. The predicted octanol–water partition coefficient (Wildman–Crippen LogP) is 2.77. The van der Waals surface area contributed by atoms with Gasteiger partial charge in [-0.05, 0) is 25.0 Å². The van der Waals surface area contributed by atoms with Gasteiger partial charge in [0.15, 0.2) is 0 Å². The number of para-hydroxylation sites is 1. The molecule has 0 fully saturated rings. The Morgan fingerprint density at radius 3 is 3.00 bits per heavy atom. The number of hydrogen-bond acceptors (Lipinski definition) is 2. The summed E-state index contributed by atoms with van der Waals surface area (Å²) in [6, 6.07) is 8.11. The minimum atomic E-state index is -0.0115. The van der Waals surface area contributed by atoms with Crippen molar-refractivity contribution in [1.29, 1.82) is 0 Å². The molecule has 0 aliphatic heterocycles. The number of fused-ring (bicyclic) bond motifs is 1. The zero-order chi connectivity index (χ0) is 13.9. The third-order valence-electron chi connectivity index (χ3n) is 3.39. The number of hydrogen-bond donors (Lipinski definition) is 3. The highest BCUT2D eigenvalue weighted by Crippen LogP contribution is 2.19. The van der Waals surface area contributed by atoms with Crippen molar-refractivity contribution in [2.45, 2.75) is 19.8 Å². The Morgan fingerprint density at radius 2 is 2.20 bits per heavy atom.